The van der Waals surface area contributed by atoms with Crippen molar-refractivity contribution < 1.29 is 0 Å². The van der Waals surface area contributed by atoms with Crippen LogP contribution in [0.25, 0.3) is 0 Å². The molecule has 0 amide bonds. The van der Waals surface area contributed by atoms with Crippen molar-refractivity contribution in [1.29, 1.82) is 0 Å². The lowest BCUT2D eigenvalue weighted by atomic mass is 10.1. The summed E-state index contributed by atoms with van der Waals surface area (Å²) in [5, 5.41) is 0. The Kier molecular flexibility index (Phi) is 13.3. The van der Waals surface area contributed by atoms with E-state index in [9.17, 15) is 0 Å². The zero-order chi connectivity index (χ0) is 11.9. The van der Waals surface area contributed by atoms with Gasteiger partial charge in [0.15, 0.2) is 0 Å². The van der Waals surface area contributed by atoms with Crippen molar-refractivity contribution in [3.63, 3.8) is 0 Å². The monoisotopic (exact) mass is 218 g/mol. The van der Waals surface area contributed by atoms with Gasteiger partial charge in [0.1, 0.15) is 0 Å². The first-order valence-corrected chi connectivity index (χ1v) is 6.81. The van der Waals surface area contributed by atoms with E-state index in [1.54, 1.807) is 0 Å². The van der Waals surface area contributed by atoms with Crippen LogP contribution in [0.15, 0.2) is 0 Å². The molecule has 0 rings (SSSR count). The Bertz CT molecular complexity index is 221. The molecule has 0 spiro atoms. The Morgan fingerprint density at radius 2 is 1.19 bits per heavy atom. The maximum Gasteiger partial charge on any atom is 0.00886 e. The molecule has 0 heterocycles. The van der Waals surface area contributed by atoms with Gasteiger partial charge in [0.2, 0.25) is 0 Å². The molecule has 0 nitrogen and oxygen atoms in total. The van der Waals surface area contributed by atoms with Gasteiger partial charge in [-0.2, -0.15) is 0 Å². The van der Waals surface area contributed by atoms with Gasteiger partial charge in [-0.15, -0.1) is 24.2 Å². The first-order chi connectivity index (χ1) is 7.91. The first kappa shape index (κ1) is 15.1. The van der Waals surface area contributed by atoms with Crippen molar-refractivity contribution in [1.82, 2.24) is 0 Å². The van der Waals surface area contributed by atoms with Gasteiger partial charge >= 0.3 is 0 Å². The van der Waals surface area contributed by atoms with E-state index < -0.39 is 0 Å². The fourth-order valence-corrected chi connectivity index (χ4v) is 1.59. The molecule has 0 aliphatic carbocycles. The van der Waals surface area contributed by atoms with E-state index in [4.69, 9.17) is 6.42 Å². The summed E-state index contributed by atoms with van der Waals surface area (Å²) in [6, 6.07) is 0. The van der Waals surface area contributed by atoms with Crippen LogP contribution < -0.4 is 0 Å². The molecule has 0 saturated heterocycles. The largest absolute Gasteiger partial charge is 0.120 e. The molecule has 0 bridgehead atoms. The molecule has 0 unspecified atom stereocenters. The normalized spacial score (nSPS) is 9.25. The average molecular weight is 218 g/mol. The van der Waals surface area contributed by atoms with Gasteiger partial charge in [-0.1, -0.05) is 39.0 Å². The van der Waals surface area contributed by atoms with Crippen LogP contribution in [0.5, 0.6) is 0 Å². The van der Waals surface area contributed by atoms with Gasteiger partial charge in [-0.25, -0.2) is 0 Å². The van der Waals surface area contributed by atoms with Crippen LogP contribution in [0, 0.1) is 24.2 Å². The van der Waals surface area contributed by atoms with Gasteiger partial charge in [-0.05, 0) is 19.3 Å². The van der Waals surface area contributed by atoms with E-state index in [0.717, 1.165) is 19.3 Å². The van der Waals surface area contributed by atoms with Gasteiger partial charge in [0.25, 0.3) is 0 Å². The molecule has 0 heteroatoms. The number of unbranched alkanes of at least 4 members (excludes halogenated alkanes) is 9. The molecular weight excluding hydrogens is 192 g/mol. The van der Waals surface area contributed by atoms with Crippen molar-refractivity contribution in [3.8, 4) is 24.2 Å². The lowest BCUT2D eigenvalue weighted by Gasteiger charge is -1.97. The van der Waals surface area contributed by atoms with Crippen molar-refractivity contribution in [2.24, 2.45) is 0 Å². The van der Waals surface area contributed by atoms with Gasteiger partial charge in [0.05, 0.1) is 0 Å². The lowest BCUT2D eigenvalue weighted by Crippen LogP contribution is -1.79. The Balaban J connectivity index is 3.03. The van der Waals surface area contributed by atoms with Crippen LogP contribution in [0.4, 0.5) is 0 Å². The minimum atomic E-state index is 0.947. The van der Waals surface area contributed by atoms with E-state index in [1.165, 1.54) is 51.4 Å². The molecular formula is C16H26. The molecule has 0 saturated carbocycles. The first-order valence-electron chi connectivity index (χ1n) is 6.81. The Labute approximate surface area is 102 Å². The van der Waals surface area contributed by atoms with E-state index in [-0.39, 0.29) is 0 Å². The number of terminal acetylenes is 1. The number of rotatable bonds is 9. The minimum absolute atomic E-state index is 0.947. The molecule has 0 aromatic rings. The third kappa shape index (κ3) is 13.1. The van der Waals surface area contributed by atoms with Gasteiger partial charge < -0.3 is 0 Å². The second-order valence-electron chi connectivity index (χ2n) is 4.28. The summed E-state index contributed by atoms with van der Waals surface area (Å²) in [6.07, 6.45) is 18.6. The summed E-state index contributed by atoms with van der Waals surface area (Å²) >= 11 is 0. The second-order valence-corrected chi connectivity index (χ2v) is 4.28. The predicted molar refractivity (Wildman–Crippen MR) is 73.1 cm³/mol. The van der Waals surface area contributed by atoms with E-state index in [2.05, 4.69) is 24.7 Å². The maximum absolute atomic E-state index is 5.19. The Hall–Kier alpha value is -0.880. The van der Waals surface area contributed by atoms with Crippen LogP contribution in [-0.2, 0) is 0 Å². The summed E-state index contributed by atoms with van der Waals surface area (Å²) in [6.45, 7) is 2.21. The SMILES string of the molecule is C#CCCCCCCCCC#CCCCC. The highest BCUT2D eigenvalue weighted by Crippen LogP contribution is 2.07. The van der Waals surface area contributed by atoms with Gasteiger partial charge in [0, 0.05) is 19.3 Å². The lowest BCUT2D eigenvalue weighted by molar-refractivity contribution is 0.604. The molecule has 0 aromatic heterocycles. The fraction of sp³-hybridized carbons (Fsp3) is 0.750. The summed E-state index contributed by atoms with van der Waals surface area (Å²) < 4.78 is 0. The highest BCUT2D eigenvalue weighted by molar-refractivity contribution is 4.98. The predicted octanol–water partition coefficient (Wildman–Crippen LogP) is 4.93. The molecule has 90 valence electrons. The molecule has 0 radical (unpaired) electrons. The molecule has 0 N–H and O–H groups in total. The van der Waals surface area contributed by atoms with E-state index >= 15 is 0 Å². The van der Waals surface area contributed by atoms with Crippen LogP contribution in [0.3, 0.4) is 0 Å². The molecule has 0 aliphatic heterocycles. The Morgan fingerprint density at radius 3 is 1.75 bits per heavy atom. The third-order valence-corrected chi connectivity index (χ3v) is 2.65. The quantitative estimate of drug-likeness (QED) is 0.380. The van der Waals surface area contributed by atoms with Crippen LogP contribution in [0.1, 0.15) is 77.6 Å². The second kappa shape index (κ2) is 14.1. The standard InChI is InChI=1S/C16H26/c1-3-5-7-9-11-13-15-16-14-12-10-8-6-4-2/h1H,4-9,11,13-16H2,2H3. The Morgan fingerprint density at radius 1 is 0.688 bits per heavy atom. The van der Waals surface area contributed by atoms with Crippen LogP contribution in [0.2, 0.25) is 0 Å². The molecule has 0 aliphatic rings. The van der Waals surface area contributed by atoms with Crippen molar-refractivity contribution in [2.75, 3.05) is 0 Å². The highest BCUT2D eigenvalue weighted by Gasteiger charge is 1.89. The topological polar surface area (TPSA) is 0 Å². The molecule has 0 atom stereocenters. The zero-order valence-corrected chi connectivity index (χ0v) is 10.9. The molecule has 0 fully saturated rings. The van der Waals surface area contributed by atoms with Crippen LogP contribution in [-0.4, -0.2) is 0 Å². The summed E-state index contributed by atoms with van der Waals surface area (Å²) in [7, 11) is 0. The van der Waals surface area contributed by atoms with E-state index in [0.29, 0.717) is 0 Å². The maximum atomic E-state index is 5.19. The summed E-state index contributed by atoms with van der Waals surface area (Å²) in [5.74, 6) is 9.17. The zero-order valence-electron chi connectivity index (χ0n) is 10.9. The molecule has 0 aromatic carbocycles. The summed E-state index contributed by atoms with van der Waals surface area (Å²) in [5.41, 5.74) is 0. The number of hydrogen-bond donors (Lipinski definition) is 0. The minimum Gasteiger partial charge on any atom is -0.120 e. The van der Waals surface area contributed by atoms with Crippen molar-refractivity contribution >= 4 is 0 Å². The van der Waals surface area contributed by atoms with Gasteiger partial charge in [-0.3, -0.25) is 0 Å². The average Bonchev–Trinajstić information content (AvgIpc) is 2.31. The smallest absolute Gasteiger partial charge is 0.00886 e. The fourth-order valence-electron chi connectivity index (χ4n) is 1.59. The number of hydrogen-bond acceptors (Lipinski definition) is 0. The van der Waals surface area contributed by atoms with Crippen molar-refractivity contribution in [3.05, 3.63) is 0 Å². The summed E-state index contributed by atoms with van der Waals surface area (Å²) in [4.78, 5) is 0. The third-order valence-electron chi connectivity index (χ3n) is 2.65. The van der Waals surface area contributed by atoms with E-state index in [1.807, 2.05) is 0 Å². The highest BCUT2D eigenvalue weighted by atomic mass is 13.9. The van der Waals surface area contributed by atoms with Crippen molar-refractivity contribution in [2.45, 2.75) is 77.6 Å². The molecule has 16 heavy (non-hydrogen) atoms. The van der Waals surface area contributed by atoms with Crippen LogP contribution >= 0.6 is 0 Å².